The molecule has 0 aliphatic carbocycles. The summed E-state index contributed by atoms with van der Waals surface area (Å²) >= 11 is 0. The molecule has 0 amide bonds. The average molecular weight is 355 g/mol. The van der Waals surface area contributed by atoms with E-state index in [9.17, 15) is 18.1 Å². The van der Waals surface area contributed by atoms with Crippen LogP contribution in [-0.4, -0.2) is 34.1 Å². The number of benzene rings is 1. The van der Waals surface area contributed by atoms with Crippen molar-refractivity contribution in [2.24, 2.45) is 11.1 Å². The molecular formula is C15H21N3O5S. The standard InChI is InChI=1S/C15H21N3O5S/c1-2-3-7-17-24(21,22)12-4-5-13(14(9-12)18-20)16-10-11-6-8-23-15(11)19/h4-5,9,11,16-17H,2-3,6-8,10H2,1H3. The molecule has 1 aromatic rings. The largest absolute Gasteiger partial charge is 0.465 e. The lowest BCUT2D eigenvalue weighted by Crippen LogP contribution is -2.24. The highest BCUT2D eigenvalue weighted by molar-refractivity contribution is 7.89. The molecule has 1 unspecified atom stereocenters. The first-order chi connectivity index (χ1) is 11.5. The third-order valence-corrected chi connectivity index (χ3v) is 5.24. The van der Waals surface area contributed by atoms with E-state index in [2.05, 4.69) is 15.2 Å². The maximum Gasteiger partial charge on any atom is 0.310 e. The van der Waals surface area contributed by atoms with Crippen molar-refractivity contribution in [3.05, 3.63) is 23.1 Å². The lowest BCUT2D eigenvalue weighted by Gasteiger charge is -2.12. The summed E-state index contributed by atoms with van der Waals surface area (Å²) in [5.74, 6) is -0.550. The third-order valence-electron chi connectivity index (χ3n) is 3.78. The molecule has 24 heavy (non-hydrogen) atoms. The smallest absolute Gasteiger partial charge is 0.310 e. The number of nitrogens with zero attached hydrogens (tertiary/aromatic N) is 1. The van der Waals surface area contributed by atoms with Gasteiger partial charge in [0.15, 0.2) is 0 Å². The molecule has 8 nitrogen and oxygen atoms in total. The predicted molar refractivity (Wildman–Crippen MR) is 89.5 cm³/mol. The lowest BCUT2D eigenvalue weighted by atomic mass is 10.1. The molecule has 0 radical (unpaired) electrons. The van der Waals surface area contributed by atoms with Crippen LogP contribution in [0.4, 0.5) is 11.4 Å². The summed E-state index contributed by atoms with van der Waals surface area (Å²) in [5.41, 5.74) is 0.372. The van der Waals surface area contributed by atoms with E-state index in [0.29, 0.717) is 31.8 Å². The second-order valence-electron chi connectivity index (χ2n) is 5.56. The molecule has 1 heterocycles. The van der Waals surface area contributed by atoms with Crippen molar-refractivity contribution < 1.29 is 17.9 Å². The van der Waals surface area contributed by atoms with E-state index in [1.54, 1.807) is 0 Å². The topological polar surface area (TPSA) is 114 Å². The number of cyclic esters (lactones) is 1. The number of unbranched alkanes of at least 4 members (excludes halogenated alkanes) is 1. The Bertz CT molecular complexity index is 705. The summed E-state index contributed by atoms with van der Waals surface area (Å²) in [4.78, 5) is 22.4. The van der Waals surface area contributed by atoms with Gasteiger partial charge in [-0.25, -0.2) is 13.1 Å². The number of carbonyl (C=O) groups excluding carboxylic acids is 1. The Labute approximate surface area is 141 Å². The summed E-state index contributed by atoms with van der Waals surface area (Å²) in [6.07, 6.45) is 2.22. The van der Waals surface area contributed by atoms with Crippen molar-refractivity contribution in [3.63, 3.8) is 0 Å². The highest BCUT2D eigenvalue weighted by atomic mass is 32.2. The zero-order chi connectivity index (χ0) is 17.6. The summed E-state index contributed by atoms with van der Waals surface area (Å²) in [6.45, 7) is 3.00. The first kappa shape index (κ1) is 18.3. The van der Waals surface area contributed by atoms with Gasteiger partial charge in [0, 0.05) is 13.1 Å². The Morgan fingerprint density at radius 2 is 2.17 bits per heavy atom. The zero-order valence-corrected chi connectivity index (χ0v) is 14.3. The Morgan fingerprint density at radius 1 is 1.38 bits per heavy atom. The van der Waals surface area contributed by atoms with Gasteiger partial charge in [0.05, 0.1) is 23.1 Å². The van der Waals surface area contributed by atoms with E-state index in [-0.39, 0.29) is 22.5 Å². The minimum absolute atomic E-state index is 0.0141. The van der Waals surface area contributed by atoms with Crippen molar-refractivity contribution in [2.45, 2.75) is 31.1 Å². The van der Waals surface area contributed by atoms with E-state index in [1.807, 2.05) is 6.92 Å². The fourth-order valence-electron chi connectivity index (χ4n) is 2.33. The number of hydrogen-bond acceptors (Lipinski definition) is 7. The number of sulfonamides is 1. The highest BCUT2D eigenvalue weighted by Crippen LogP contribution is 2.29. The number of nitrogens with one attached hydrogen (secondary N) is 2. The van der Waals surface area contributed by atoms with Gasteiger partial charge in [-0.1, -0.05) is 13.3 Å². The van der Waals surface area contributed by atoms with E-state index in [1.165, 1.54) is 18.2 Å². The molecule has 9 heteroatoms. The molecule has 1 atom stereocenters. The van der Waals surface area contributed by atoms with Crippen LogP contribution in [0.3, 0.4) is 0 Å². The van der Waals surface area contributed by atoms with Crippen LogP contribution in [0.5, 0.6) is 0 Å². The molecule has 2 rings (SSSR count). The summed E-state index contributed by atoms with van der Waals surface area (Å²) in [6, 6.07) is 4.10. The van der Waals surface area contributed by atoms with E-state index in [0.717, 1.165) is 12.8 Å². The number of esters is 1. The molecule has 1 fully saturated rings. The number of carbonyl (C=O) groups is 1. The minimum Gasteiger partial charge on any atom is -0.465 e. The van der Waals surface area contributed by atoms with E-state index < -0.39 is 10.0 Å². The lowest BCUT2D eigenvalue weighted by molar-refractivity contribution is -0.140. The first-order valence-corrected chi connectivity index (χ1v) is 9.34. The Morgan fingerprint density at radius 3 is 2.79 bits per heavy atom. The number of anilines is 1. The molecular weight excluding hydrogens is 334 g/mol. The fourth-order valence-corrected chi connectivity index (χ4v) is 3.42. The van der Waals surface area contributed by atoms with Gasteiger partial charge < -0.3 is 10.1 Å². The van der Waals surface area contributed by atoms with Gasteiger partial charge in [-0.2, -0.15) is 0 Å². The van der Waals surface area contributed by atoms with Crippen LogP contribution in [0, 0.1) is 10.8 Å². The summed E-state index contributed by atoms with van der Waals surface area (Å²) in [7, 11) is -3.67. The van der Waals surface area contributed by atoms with Gasteiger partial charge in [0.1, 0.15) is 5.69 Å². The second-order valence-corrected chi connectivity index (χ2v) is 7.32. The van der Waals surface area contributed by atoms with Gasteiger partial charge >= 0.3 is 5.97 Å². The fraction of sp³-hybridized carbons (Fsp3) is 0.533. The van der Waals surface area contributed by atoms with Crippen LogP contribution in [-0.2, 0) is 19.6 Å². The maximum absolute atomic E-state index is 12.2. The van der Waals surface area contributed by atoms with Crippen LogP contribution in [0.15, 0.2) is 28.3 Å². The van der Waals surface area contributed by atoms with Crippen LogP contribution in [0.2, 0.25) is 0 Å². The molecule has 1 aliphatic heterocycles. The molecule has 1 aliphatic rings. The highest BCUT2D eigenvalue weighted by Gasteiger charge is 2.26. The Kier molecular flexibility index (Phi) is 6.27. The Balaban J connectivity index is 2.09. The normalized spacial score (nSPS) is 17.5. The maximum atomic E-state index is 12.2. The van der Waals surface area contributed by atoms with E-state index >= 15 is 0 Å². The molecule has 2 N–H and O–H groups in total. The monoisotopic (exact) mass is 355 g/mol. The summed E-state index contributed by atoms with van der Waals surface area (Å²) in [5, 5.41) is 5.84. The van der Waals surface area contributed by atoms with Gasteiger partial charge in [0.2, 0.25) is 10.0 Å². The molecule has 0 bridgehead atoms. The first-order valence-electron chi connectivity index (χ1n) is 7.85. The van der Waals surface area contributed by atoms with Crippen molar-refractivity contribution in [1.82, 2.24) is 4.72 Å². The molecule has 0 spiro atoms. The predicted octanol–water partition coefficient (Wildman–Crippen LogP) is 2.14. The third kappa shape index (κ3) is 4.51. The average Bonchev–Trinajstić information content (AvgIpc) is 2.98. The van der Waals surface area contributed by atoms with Crippen molar-refractivity contribution in [3.8, 4) is 0 Å². The second kappa shape index (κ2) is 8.20. The van der Waals surface area contributed by atoms with Gasteiger partial charge in [-0.05, 0) is 36.2 Å². The molecule has 1 saturated heterocycles. The van der Waals surface area contributed by atoms with Crippen molar-refractivity contribution >= 4 is 27.4 Å². The van der Waals surface area contributed by atoms with Crippen LogP contribution >= 0.6 is 0 Å². The number of hydrogen-bond donors (Lipinski definition) is 2. The summed E-state index contributed by atoms with van der Waals surface area (Å²) < 4.78 is 31.7. The van der Waals surface area contributed by atoms with Crippen molar-refractivity contribution in [2.75, 3.05) is 25.0 Å². The van der Waals surface area contributed by atoms with Crippen LogP contribution < -0.4 is 10.0 Å². The zero-order valence-electron chi connectivity index (χ0n) is 13.4. The molecule has 132 valence electrons. The number of ether oxygens (including phenoxy) is 1. The minimum atomic E-state index is -3.67. The van der Waals surface area contributed by atoms with Gasteiger partial charge in [0.25, 0.3) is 0 Å². The van der Waals surface area contributed by atoms with Gasteiger partial charge in [-0.15, -0.1) is 4.91 Å². The number of nitroso groups, excluding NO2 is 1. The van der Waals surface area contributed by atoms with Crippen molar-refractivity contribution in [1.29, 1.82) is 0 Å². The Hall–Kier alpha value is -2.00. The van der Waals surface area contributed by atoms with Crippen LogP contribution in [0.25, 0.3) is 0 Å². The van der Waals surface area contributed by atoms with Gasteiger partial charge in [-0.3, -0.25) is 4.79 Å². The van der Waals surface area contributed by atoms with E-state index in [4.69, 9.17) is 4.74 Å². The molecule has 0 aromatic heterocycles. The van der Waals surface area contributed by atoms with Crippen LogP contribution in [0.1, 0.15) is 26.2 Å². The quantitative estimate of drug-likeness (QED) is 0.398. The SMILES string of the molecule is CCCCNS(=O)(=O)c1ccc(NCC2CCOC2=O)c(N=O)c1. The number of rotatable bonds is 9. The molecule has 1 aromatic carbocycles. The molecule has 0 saturated carbocycles.